The number of aromatic nitrogens is 2. The van der Waals surface area contributed by atoms with E-state index in [1.54, 1.807) is 29.8 Å². The van der Waals surface area contributed by atoms with Gasteiger partial charge in [0.25, 0.3) is 5.56 Å². The molecule has 7 heteroatoms. The van der Waals surface area contributed by atoms with Gasteiger partial charge in [-0.05, 0) is 41.1 Å². The van der Waals surface area contributed by atoms with Crippen molar-refractivity contribution in [3.8, 4) is 11.5 Å². The first kappa shape index (κ1) is 20.5. The number of benzene rings is 2. The summed E-state index contributed by atoms with van der Waals surface area (Å²) in [5.41, 5.74) is 2.36. The summed E-state index contributed by atoms with van der Waals surface area (Å²) in [5, 5.41) is 12.7. The highest BCUT2D eigenvalue weighted by atomic mass is 16.5. The van der Waals surface area contributed by atoms with Crippen LogP contribution in [0.4, 0.5) is 0 Å². The first-order valence-corrected chi connectivity index (χ1v) is 10.8. The molecule has 4 aromatic rings. The standard InChI is InChI=1S/C25H26N4O3/c1-32-20-7-5-18-6-8-23(30)22(21(18)15-20)17-28-12-10-27(11-13-28)16-19-14-25(31)29-9-3-2-4-24(29)26-19/h2-9,14-15,30H,10-13,16-17H2,1H3. The van der Waals surface area contributed by atoms with E-state index in [0.717, 1.165) is 54.0 Å². The van der Waals surface area contributed by atoms with Crippen molar-refractivity contribution in [2.45, 2.75) is 13.1 Å². The van der Waals surface area contributed by atoms with Crippen LogP contribution in [-0.2, 0) is 13.1 Å². The maximum atomic E-state index is 12.3. The van der Waals surface area contributed by atoms with Gasteiger partial charge >= 0.3 is 0 Å². The predicted molar refractivity (Wildman–Crippen MR) is 124 cm³/mol. The van der Waals surface area contributed by atoms with Gasteiger partial charge in [-0.15, -0.1) is 0 Å². The number of phenols is 1. The predicted octanol–water partition coefficient (Wildman–Crippen LogP) is 2.88. The van der Waals surface area contributed by atoms with Crippen molar-refractivity contribution in [2.24, 2.45) is 0 Å². The van der Waals surface area contributed by atoms with Crippen LogP contribution in [-0.4, -0.2) is 57.6 Å². The Morgan fingerprint density at radius 2 is 1.72 bits per heavy atom. The molecule has 0 aliphatic carbocycles. The largest absolute Gasteiger partial charge is 0.508 e. The molecule has 0 radical (unpaired) electrons. The second-order valence-corrected chi connectivity index (χ2v) is 8.22. The molecule has 0 spiro atoms. The minimum atomic E-state index is -0.0499. The van der Waals surface area contributed by atoms with Crippen LogP contribution in [0, 0.1) is 0 Å². The van der Waals surface area contributed by atoms with E-state index in [1.807, 2.05) is 42.5 Å². The van der Waals surface area contributed by atoms with Gasteiger partial charge in [0.15, 0.2) is 0 Å². The van der Waals surface area contributed by atoms with Crippen LogP contribution in [0.3, 0.4) is 0 Å². The van der Waals surface area contributed by atoms with Gasteiger partial charge in [-0.2, -0.15) is 0 Å². The van der Waals surface area contributed by atoms with Crippen LogP contribution in [0.1, 0.15) is 11.3 Å². The fraction of sp³-hybridized carbons (Fsp3) is 0.280. The van der Waals surface area contributed by atoms with Crippen molar-refractivity contribution in [3.05, 3.63) is 82.4 Å². The average Bonchev–Trinajstić information content (AvgIpc) is 2.82. The lowest BCUT2D eigenvalue weighted by atomic mass is 10.0. The minimum Gasteiger partial charge on any atom is -0.508 e. The molecular formula is C25H26N4O3. The lowest BCUT2D eigenvalue weighted by Crippen LogP contribution is -2.45. The first-order valence-electron chi connectivity index (χ1n) is 10.8. The molecule has 5 rings (SSSR count). The molecule has 1 saturated heterocycles. The third-order valence-electron chi connectivity index (χ3n) is 6.17. The third-order valence-corrected chi connectivity index (χ3v) is 6.17. The Balaban J connectivity index is 1.28. The Labute approximate surface area is 186 Å². The Hall–Kier alpha value is -3.42. The lowest BCUT2D eigenvalue weighted by Gasteiger charge is -2.34. The van der Waals surface area contributed by atoms with E-state index in [0.29, 0.717) is 24.5 Å². The topological polar surface area (TPSA) is 70.3 Å². The highest BCUT2D eigenvalue weighted by Gasteiger charge is 2.20. The van der Waals surface area contributed by atoms with Crippen LogP contribution in [0.25, 0.3) is 16.4 Å². The molecule has 32 heavy (non-hydrogen) atoms. The number of hydrogen-bond donors (Lipinski definition) is 1. The van der Waals surface area contributed by atoms with Crippen LogP contribution in [0.2, 0.25) is 0 Å². The molecule has 2 aromatic heterocycles. The number of aromatic hydroxyl groups is 1. The summed E-state index contributed by atoms with van der Waals surface area (Å²) < 4.78 is 6.94. The molecule has 0 amide bonds. The molecule has 0 atom stereocenters. The normalized spacial score (nSPS) is 15.4. The zero-order chi connectivity index (χ0) is 22.1. The number of hydrogen-bond acceptors (Lipinski definition) is 6. The molecule has 3 heterocycles. The summed E-state index contributed by atoms with van der Waals surface area (Å²) in [4.78, 5) is 21.7. The highest BCUT2D eigenvalue weighted by molar-refractivity contribution is 5.89. The molecule has 1 fully saturated rings. The van der Waals surface area contributed by atoms with E-state index in [2.05, 4.69) is 14.8 Å². The summed E-state index contributed by atoms with van der Waals surface area (Å²) in [5.74, 6) is 1.10. The van der Waals surface area contributed by atoms with E-state index in [-0.39, 0.29) is 5.56 Å². The molecule has 1 aliphatic heterocycles. The van der Waals surface area contributed by atoms with Crippen LogP contribution < -0.4 is 10.3 Å². The number of fused-ring (bicyclic) bond motifs is 2. The van der Waals surface area contributed by atoms with Gasteiger partial charge < -0.3 is 9.84 Å². The van der Waals surface area contributed by atoms with Gasteiger partial charge in [0.1, 0.15) is 17.1 Å². The number of nitrogens with zero attached hydrogens (tertiary/aromatic N) is 4. The first-order chi connectivity index (χ1) is 15.6. The van der Waals surface area contributed by atoms with Crippen molar-refractivity contribution < 1.29 is 9.84 Å². The zero-order valence-corrected chi connectivity index (χ0v) is 18.1. The molecule has 0 saturated carbocycles. The second kappa shape index (κ2) is 8.61. The fourth-order valence-electron chi connectivity index (χ4n) is 4.38. The summed E-state index contributed by atoms with van der Waals surface area (Å²) in [7, 11) is 1.65. The zero-order valence-electron chi connectivity index (χ0n) is 18.1. The number of phenolic OH excluding ortho intramolecular Hbond substituents is 1. The van der Waals surface area contributed by atoms with Gasteiger partial charge in [-0.1, -0.05) is 18.2 Å². The monoisotopic (exact) mass is 430 g/mol. The number of rotatable bonds is 5. The average molecular weight is 431 g/mol. The Bertz CT molecular complexity index is 1330. The molecule has 7 nitrogen and oxygen atoms in total. The van der Waals surface area contributed by atoms with Crippen LogP contribution >= 0.6 is 0 Å². The molecule has 1 N–H and O–H groups in total. The minimum absolute atomic E-state index is 0.0499. The van der Waals surface area contributed by atoms with Crippen molar-refractivity contribution >= 4 is 16.4 Å². The lowest BCUT2D eigenvalue weighted by molar-refractivity contribution is 0.120. The quantitative estimate of drug-likeness (QED) is 0.525. The number of ether oxygens (including phenoxy) is 1. The highest BCUT2D eigenvalue weighted by Crippen LogP contribution is 2.31. The van der Waals surface area contributed by atoms with Crippen LogP contribution in [0.15, 0.2) is 65.6 Å². The SMILES string of the molecule is COc1ccc2ccc(O)c(CN3CCN(Cc4cc(=O)n5ccccc5n4)CC3)c2c1. The molecule has 1 aliphatic rings. The number of piperazine rings is 1. The van der Waals surface area contributed by atoms with Crippen molar-refractivity contribution in [3.63, 3.8) is 0 Å². The van der Waals surface area contributed by atoms with Crippen molar-refractivity contribution in [2.75, 3.05) is 33.3 Å². The molecule has 0 bridgehead atoms. The van der Waals surface area contributed by atoms with Gasteiger partial charge in [0.05, 0.1) is 12.8 Å². The molecule has 164 valence electrons. The van der Waals surface area contributed by atoms with Crippen molar-refractivity contribution in [1.29, 1.82) is 0 Å². The summed E-state index contributed by atoms with van der Waals surface area (Å²) >= 11 is 0. The van der Waals surface area contributed by atoms with Crippen molar-refractivity contribution in [1.82, 2.24) is 19.2 Å². The van der Waals surface area contributed by atoms with E-state index in [4.69, 9.17) is 4.74 Å². The number of methoxy groups -OCH3 is 1. The van der Waals surface area contributed by atoms with E-state index in [1.165, 1.54) is 0 Å². The van der Waals surface area contributed by atoms with Gasteiger partial charge in [-0.25, -0.2) is 4.98 Å². The second-order valence-electron chi connectivity index (χ2n) is 8.22. The van der Waals surface area contributed by atoms with Gasteiger partial charge in [-0.3, -0.25) is 19.0 Å². The smallest absolute Gasteiger partial charge is 0.258 e. The summed E-state index contributed by atoms with van der Waals surface area (Å²) in [6.07, 6.45) is 1.74. The molecular weight excluding hydrogens is 404 g/mol. The van der Waals surface area contributed by atoms with E-state index in [9.17, 15) is 9.90 Å². The Morgan fingerprint density at radius 1 is 0.969 bits per heavy atom. The summed E-state index contributed by atoms with van der Waals surface area (Å²) in [6.45, 7) is 4.86. The number of pyridine rings is 1. The van der Waals surface area contributed by atoms with E-state index >= 15 is 0 Å². The van der Waals surface area contributed by atoms with Gasteiger partial charge in [0.2, 0.25) is 0 Å². The maximum absolute atomic E-state index is 12.3. The Kier molecular flexibility index (Phi) is 5.51. The fourth-order valence-corrected chi connectivity index (χ4v) is 4.38. The summed E-state index contributed by atoms with van der Waals surface area (Å²) in [6, 6.07) is 16.9. The molecule has 0 unspecified atom stereocenters. The van der Waals surface area contributed by atoms with Gasteiger partial charge in [0, 0.05) is 57.1 Å². The maximum Gasteiger partial charge on any atom is 0.258 e. The molecule has 2 aromatic carbocycles. The third kappa shape index (κ3) is 4.04. The van der Waals surface area contributed by atoms with Crippen LogP contribution in [0.5, 0.6) is 11.5 Å². The Morgan fingerprint density at radius 3 is 2.50 bits per heavy atom. The van der Waals surface area contributed by atoms with E-state index < -0.39 is 0 Å².